The molecular formula is C67H117NO8. The molecule has 1 aliphatic rings. The number of nitrogens with one attached hydrogen (secondary N) is 1. The summed E-state index contributed by atoms with van der Waals surface area (Å²) in [5.41, 5.74) is 0. The van der Waals surface area contributed by atoms with E-state index in [0.717, 1.165) is 77.0 Å². The molecule has 0 aromatic carbocycles. The number of unbranched alkanes of at least 4 members (excludes halogenated alkanes) is 29. The predicted octanol–water partition coefficient (Wildman–Crippen LogP) is 16.4. The van der Waals surface area contributed by atoms with Gasteiger partial charge in [-0.2, -0.15) is 0 Å². The minimum Gasteiger partial charge on any atom is -0.394 e. The van der Waals surface area contributed by atoms with Crippen molar-refractivity contribution in [1.82, 2.24) is 5.32 Å². The van der Waals surface area contributed by atoms with E-state index in [1.807, 2.05) is 6.08 Å². The van der Waals surface area contributed by atoms with E-state index in [0.29, 0.717) is 6.42 Å². The van der Waals surface area contributed by atoms with E-state index in [4.69, 9.17) is 9.47 Å². The molecule has 1 amide bonds. The number of allylic oxidation sites excluding steroid dienone is 15. The second-order valence-electron chi connectivity index (χ2n) is 21.4. The highest BCUT2D eigenvalue weighted by Gasteiger charge is 2.44. The predicted molar refractivity (Wildman–Crippen MR) is 322 cm³/mol. The third-order valence-electron chi connectivity index (χ3n) is 14.4. The van der Waals surface area contributed by atoms with Crippen molar-refractivity contribution < 1.29 is 39.8 Å². The highest BCUT2D eigenvalue weighted by Crippen LogP contribution is 2.23. The van der Waals surface area contributed by atoms with Gasteiger partial charge in [0.2, 0.25) is 5.91 Å². The van der Waals surface area contributed by atoms with Gasteiger partial charge in [0.05, 0.1) is 25.4 Å². The summed E-state index contributed by atoms with van der Waals surface area (Å²) in [6.07, 6.45) is 73.4. The number of aliphatic hydroxyl groups excluding tert-OH is 5. The van der Waals surface area contributed by atoms with Crippen molar-refractivity contribution in [2.45, 2.75) is 307 Å². The second-order valence-corrected chi connectivity index (χ2v) is 21.4. The lowest BCUT2D eigenvalue weighted by Crippen LogP contribution is -2.60. The van der Waals surface area contributed by atoms with Crippen LogP contribution in [0.5, 0.6) is 0 Å². The molecule has 6 N–H and O–H groups in total. The Balaban J connectivity index is 2.18. The number of carbonyl (C=O) groups is 1. The van der Waals surface area contributed by atoms with Crippen molar-refractivity contribution in [1.29, 1.82) is 0 Å². The lowest BCUT2D eigenvalue weighted by atomic mass is 9.99. The van der Waals surface area contributed by atoms with Crippen molar-refractivity contribution in [2.75, 3.05) is 13.2 Å². The number of hydrogen-bond donors (Lipinski definition) is 6. The van der Waals surface area contributed by atoms with Crippen LogP contribution in [0.15, 0.2) is 97.2 Å². The normalized spacial score (nSPS) is 19.5. The molecular weight excluding hydrogens is 947 g/mol. The maximum Gasteiger partial charge on any atom is 0.220 e. The lowest BCUT2D eigenvalue weighted by Gasteiger charge is -2.40. The third-order valence-corrected chi connectivity index (χ3v) is 14.4. The molecule has 0 aromatic rings. The van der Waals surface area contributed by atoms with Crippen LogP contribution in [0.2, 0.25) is 0 Å². The van der Waals surface area contributed by atoms with Crippen molar-refractivity contribution in [3.05, 3.63) is 97.2 Å². The number of ether oxygens (including phenoxy) is 2. The van der Waals surface area contributed by atoms with E-state index >= 15 is 0 Å². The molecule has 1 heterocycles. The van der Waals surface area contributed by atoms with Crippen LogP contribution in [-0.4, -0.2) is 87.5 Å². The Kier molecular flexibility index (Phi) is 51.9. The maximum absolute atomic E-state index is 13.1. The molecule has 438 valence electrons. The Morgan fingerprint density at radius 2 is 0.829 bits per heavy atom. The van der Waals surface area contributed by atoms with E-state index in [-0.39, 0.29) is 12.5 Å². The number of amides is 1. The van der Waals surface area contributed by atoms with Crippen LogP contribution in [-0.2, 0) is 14.3 Å². The van der Waals surface area contributed by atoms with Gasteiger partial charge in [-0.3, -0.25) is 4.79 Å². The summed E-state index contributed by atoms with van der Waals surface area (Å²) < 4.78 is 11.3. The summed E-state index contributed by atoms with van der Waals surface area (Å²) in [7, 11) is 0. The molecule has 76 heavy (non-hydrogen) atoms. The van der Waals surface area contributed by atoms with E-state index in [1.165, 1.54) is 167 Å². The van der Waals surface area contributed by atoms with Crippen LogP contribution < -0.4 is 5.32 Å². The van der Waals surface area contributed by atoms with Gasteiger partial charge in [0.15, 0.2) is 6.29 Å². The summed E-state index contributed by atoms with van der Waals surface area (Å²) in [4.78, 5) is 13.1. The number of carbonyl (C=O) groups excluding carboxylic acids is 1. The fraction of sp³-hybridized carbons (Fsp3) is 0.746. The monoisotopic (exact) mass is 1060 g/mol. The van der Waals surface area contributed by atoms with Gasteiger partial charge in [-0.05, 0) is 89.9 Å². The van der Waals surface area contributed by atoms with Gasteiger partial charge in [0.1, 0.15) is 24.4 Å². The zero-order chi connectivity index (χ0) is 55.0. The molecule has 7 atom stereocenters. The Morgan fingerprint density at radius 3 is 1.26 bits per heavy atom. The fourth-order valence-electron chi connectivity index (χ4n) is 9.45. The Hall–Kier alpha value is -2.89. The van der Waals surface area contributed by atoms with Crippen molar-refractivity contribution in [2.24, 2.45) is 0 Å². The summed E-state index contributed by atoms with van der Waals surface area (Å²) in [6.45, 7) is 3.65. The van der Waals surface area contributed by atoms with Gasteiger partial charge in [0.25, 0.3) is 0 Å². The molecule has 1 aliphatic heterocycles. The van der Waals surface area contributed by atoms with Crippen LogP contribution in [0, 0.1) is 0 Å². The first-order chi connectivity index (χ1) is 37.3. The van der Waals surface area contributed by atoms with Crippen molar-refractivity contribution in [3.63, 3.8) is 0 Å². The largest absolute Gasteiger partial charge is 0.394 e. The molecule has 0 spiro atoms. The molecule has 9 nitrogen and oxygen atoms in total. The SMILES string of the molecule is CC/C=C\C/C=C\C/C=C\C/C=C\C/C=C\CCCCCCCCCCCCCCCCCCCC(=O)NC(COC1OC(CO)C(O)C(O)C1O)C(O)/C=C/CC/C=C/CC/C=C/CCCCCCCCCCCC. The quantitative estimate of drug-likeness (QED) is 0.0261. The van der Waals surface area contributed by atoms with Gasteiger partial charge in [-0.25, -0.2) is 0 Å². The summed E-state index contributed by atoms with van der Waals surface area (Å²) in [6, 6.07) is -0.833. The van der Waals surface area contributed by atoms with Gasteiger partial charge in [-0.15, -0.1) is 0 Å². The molecule has 0 bridgehead atoms. The smallest absolute Gasteiger partial charge is 0.220 e. The molecule has 7 unspecified atom stereocenters. The average Bonchev–Trinajstić information content (AvgIpc) is 3.42. The van der Waals surface area contributed by atoms with Gasteiger partial charge in [0, 0.05) is 6.42 Å². The molecule has 0 radical (unpaired) electrons. The lowest BCUT2D eigenvalue weighted by molar-refractivity contribution is -0.302. The summed E-state index contributed by atoms with van der Waals surface area (Å²) in [5.74, 6) is -0.191. The van der Waals surface area contributed by atoms with Crippen LogP contribution in [0.25, 0.3) is 0 Å². The van der Waals surface area contributed by atoms with E-state index in [2.05, 4.69) is 104 Å². The second kappa shape index (κ2) is 55.4. The Morgan fingerprint density at radius 1 is 0.461 bits per heavy atom. The van der Waals surface area contributed by atoms with Gasteiger partial charge >= 0.3 is 0 Å². The molecule has 1 fully saturated rings. The molecule has 0 saturated carbocycles. The standard InChI is InChI=1S/C67H117NO8/c1-3-5-7-9-11-13-15-17-19-21-23-25-26-27-28-29-30-31-32-33-34-35-36-37-39-41-43-45-47-49-51-53-55-57-63(71)68-60(59-75-67-66(74)65(73)64(72)62(58-69)76-67)61(70)56-54-52-50-48-46-44-42-40-38-24-22-20-18-16-14-12-10-8-6-4-2/h5,7,11,13,17,19,23,25,27-28,38,40,46,48,54,56,60-62,64-67,69-70,72-74H,3-4,6,8-10,12,14-16,18,20-22,24,26,29-37,39,41-45,47,49-53,55,57-59H2,1-2H3,(H,68,71)/b7-5-,13-11-,19-17-,25-23-,28-27-,40-38+,48-46+,56-54+. The van der Waals surface area contributed by atoms with Crippen LogP contribution in [0.4, 0.5) is 0 Å². The van der Waals surface area contributed by atoms with Crippen molar-refractivity contribution in [3.8, 4) is 0 Å². The third kappa shape index (κ3) is 44.0. The maximum atomic E-state index is 13.1. The highest BCUT2D eigenvalue weighted by molar-refractivity contribution is 5.76. The zero-order valence-corrected chi connectivity index (χ0v) is 48.7. The number of rotatable bonds is 53. The van der Waals surface area contributed by atoms with Crippen LogP contribution in [0.1, 0.15) is 264 Å². The first kappa shape index (κ1) is 71.1. The average molecular weight is 1060 g/mol. The Bertz CT molecular complexity index is 1510. The summed E-state index contributed by atoms with van der Waals surface area (Å²) >= 11 is 0. The van der Waals surface area contributed by atoms with Gasteiger partial charge < -0.3 is 40.3 Å². The fourth-order valence-corrected chi connectivity index (χ4v) is 9.45. The van der Waals surface area contributed by atoms with E-state index < -0.39 is 49.5 Å². The first-order valence-corrected chi connectivity index (χ1v) is 31.5. The van der Waals surface area contributed by atoms with Crippen LogP contribution in [0.3, 0.4) is 0 Å². The van der Waals surface area contributed by atoms with Gasteiger partial charge in [-0.1, -0.05) is 265 Å². The number of aliphatic hydroxyl groups is 5. The Labute approximate surface area is 466 Å². The highest BCUT2D eigenvalue weighted by atomic mass is 16.7. The number of hydrogen-bond acceptors (Lipinski definition) is 8. The summed E-state index contributed by atoms with van der Waals surface area (Å²) in [5, 5.41) is 54.6. The zero-order valence-electron chi connectivity index (χ0n) is 48.7. The minimum absolute atomic E-state index is 0.191. The molecule has 9 heteroatoms. The van der Waals surface area contributed by atoms with Crippen molar-refractivity contribution >= 4 is 5.91 Å². The first-order valence-electron chi connectivity index (χ1n) is 31.5. The van der Waals surface area contributed by atoms with E-state index in [9.17, 15) is 30.3 Å². The molecule has 1 saturated heterocycles. The molecule has 1 rings (SSSR count). The van der Waals surface area contributed by atoms with Crippen LogP contribution >= 0.6 is 0 Å². The topological polar surface area (TPSA) is 149 Å². The van der Waals surface area contributed by atoms with E-state index in [1.54, 1.807) is 6.08 Å². The molecule has 0 aliphatic carbocycles. The molecule has 0 aromatic heterocycles. The minimum atomic E-state index is -1.58.